The van der Waals surface area contributed by atoms with Gasteiger partial charge in [-0.15, -0.1) is 0 Å². The van der Waals surface area contributed by atoms with Crippen molar-refractivity contribution in [1.82, 2.24) is 9.62 Å². The second-order valence-corrected chi connectivity index (χ2v) is 8.35. The number of nitrogens with one attached hydrogen (secondary N) is 1. The van der Waals surface area contributed by atoms with E-state index in [1.165, 1.54) is 12.8 Å². The Labute approximate surface area is 126 Å². The number of hydrogen-bond acceptors (Lipinski definition) is 4. The molecule has 1 atom stereocenters. The highest BCUT2D eigenvalue weighted by atomic mass is 32.2. The number of amides is 1. The molecule has 122 valence electrons. The molecule has 1 aliphatic carbocycles. The third-order valence-corrected chi connectivity index (χ3v) is 5.58. The largest absolute Gasteiger partial charge is 0.394 e. The molecule has 6 nitrogen and oxygen atoms in total. The normalized spacial score (nSPS) is 25.4. The van der Waals surface area contributed by atoms with Crippen molar-refractivity contribution in [3.8, 4) is 0 Å². The molecular weight excluding hydrogens is 292 g/mol. The number of piperidine rings is 1. The predicted molar refractivity (Wildman–Crippen MR) is 80.2 cm³/mol. The van der Waals surface area contributed by atoms with E-state index in [0.29, 0.717) is 0 Å². The molecule has 1 saturated carbocycles. The molecule has 2 aliphatic rings. The van der Waals surface area contributed by atoms with E-state index in [9.17, 15) is 18.3 Å². The van der Waals surface area contributed by atoms with E-state index in [2.05, 4.69) is 4.72 Å². The topological polar surface area (TPSA) is 86.7 Å². The molecule has 0 aromatic carbocycles. The molecule has 2 rings (SSSR count). The van der Waals surface area contributed by atoms with Gasteiger partial charge in [-0.25, -0.2) is 13.1 Å². The van der Waals surface area contributed by atoms with Crippen molar-refractivity contribution in [3.63, 3.8) is 0 Å². The highest BCUT2D eigenvalue weighted by Crippen LogP contribution is 2.46. The molecule has 1 unspecified atom stereocenters. The Balaban J connectivity index is 1.95. The first-order chi connectivity index (χ1) is 9.85. The average Bonchev–Trinajstić information content (AvgIpc) is 2.85. The molecule has 2 fully saturated rings. The SMILES string of the molecule is CS(=O)(=O)NCCC(=O)N1CC2(CCCC2)CCC1CO. The molecule has 21 heavy (non-hydrogen) atoms. The minimum atomic E-state index is -3.26. The Morgan fingerprint density at radius 2 is 2.00 bits per heavy atom. The maximum atomic E-state index is 12.4. The lowest BCUT2D eigenvalue weighted by Gasteiger charge is -2.45. The number of aliphatic hydroxyl groups is 1. The molecule has 1 amide bonds. The molecule has 7 heteroatoms. The smallest absolute Gasteiger partial charge is 0.224 e. The van der Waals surface area contributed by atoms with Crippen LogP contribution in [0.1, 0.15) is 44.9 Å². The lowest BCUT2D eigenvalue weighted by Crippen LogP contribution is -2.52. The minimum Gasteiger partial charge on any atom is -0.394 e. The summed E-state index contributed by atoms with van der Waals surface area (Å²) in [7, 11) is -3.26. The van der Waals surface area contributed by atoms with Gasteiger partial charge in [0.05, 0.1) is 18.9 Å². The second-order valence-electron chi connectivity index (χ2n) is 6.52. The van der Waals surface area contributed by atoms with Gasteiger partial charge in [-0.2, -0.15) is 0 Å². The Kier molecular flexibility index (Phi) is 5.27. The first-order valence-corrected chi connectivity index (χ1v) is 9.59. The first kappa shape index (κ1) is 16.7. The molecule has 1 saturated heterocycles. The fourth-order valence-electron chi connectivity index (χ4n) is 3.70. The van der Waals surface area contributed by atoms with Crippen LogP contribution in [0.2, 0.25) is 0 Å². The number of aliphatic hydroxyl groups excluding tert-OH is 1. The fraction of sp³-hybridized carbons (Fsp3) is 0.929. The maximum Gasteiger partial charge on any atom is 0.224 e. The van der Waals surface area contributed by atoms with Gasteiger partial charge in [-0.05, 0) is 31.1 Å². The standard InChI is InChI=1S/C14H26N2O4S/c1-21(19,20)15-9-5-13(18)16-11-14(6-2-3-7-14)8-4-12(16)10-17/h12,15,17H,2-11H2,1H3. The van der Waals surface area contributed by atoms with E-state index in [0.717, 1.165) is 38.5 Å². The number of nitrogens with zero attached hydrogens (tertiary/aromatic N) is 1. The summed E-state index contributed by atoms with van der Waals surface area (Å²) in [6, 6.07) is -0.109. The lowest BCUT2D eigenvalue weighted by atomic mass is 9.76. The van der Waals surface area contributed by atoms with Gasteiger partial charge in [0, 0.05) is 19.5 Å². The zero-order chi connectivity index (χ0) is 15.5. The number of rotatable bonds is 5. The van der Waals surface area contributed by atoms with Crippen molar-refractivity contribution < 1.29 is 18.3 Å². The summed E-state index contributed by atoms with van der Waals surface area (Å²) in [6.07, 6.45) is 7.95. The summed E-state index contributed by atoms with van der Waals surface area (Å²) in [5.74, 6) is -0.0591. The van der Waals surface area contributed by atoms with Crippen LogP contribution in [0.25, 0.3) is 0 Å². The predicted octanol–water partition coefficient (Wildman–Crippen LogP) is 0.469. The van der Waals surface area contributed by atoms with Gasteiger partial charge >= 0.3 is 0 Å². The van der Waals surface area contributed by atoms with Crippen LogP contribution in [0, 0.1) is 5.41 Å². The van der Waals surface area contributed by atoms with Crippen LogP contribution in [0.5, 0.6) is 0 Å². The number of carbonyl (C=O) groups excluding carboxylic acids is 1. The maximum absolute atomic E-state index is 12.4. The van der Waals surface area contributed by atoms with Crippen molar-refractivity contribution >= 4 is 15.9 Å². The zero-order valence-corrected chi connectivity index (χ0v) is 13.5. The van der Waals surface area contributed by atoms with Crippen molar-refractivity contribution in [1.29, 1.82) is 0 Å². The fourth-order valence-corrected chi connectivity index (χ4v) is 4.17. The minimum absolute atomic E-state index is 0.0126. The average molecular weight is 318 g/mol. The molecule has 0 radical (unpaired) electrons. The number of likely N-dealkylation sites (tertiary alicyclic amines) is 1. The van der Waals surface area contributed by atoms with E-state index >= 15 is 0 Å². The third kappa shape index (κ3) is 4.40. The van der Waals surface area contributed by atoms with Crippen LogP contribution >= 0.6 is 0 Å². The van der Waals surface area contributed by atoms with Gasteiger partial charge in [0.2, 0.25) is 15.9 Å². The van der Waals surface area contributed by atoms with Gasteiger partial charge in [0.25, 0.3) is 0 Å². The first-order valence-electron chi connectivity index (χ1n) is 7.70. The quantitative estimate of drug-likeness (QED) is 0.771. The summed E-state index contributed by atoms with van der Waals surface area (Å²) in [5, 5.41) is 9.49. The lowest BCUT2D eigenvalue weighted by molar-refractivity contribution is -0.139. The molecular formula is C14H26N2O4S. The van der Waals surface area contributed by atoms with Crippen molar-refractivity contribution in [2.45, 2.75) is 51.0 Å². The highest BCUT2D eigenvalue weighted by Gasteiger charge is 2.42. The van der Waals surface area contributed by atoms with E-state index in [-0.39, 0.29) is 36.9 Å². The van der Waals surface area contributed by atoms with Crippen molar-refractivity contribution in [2.75, 3.05) is 26.0 Å². The molecule has 1 heterocycles. The number of sulfonamides is 1. The van der Waals surface area contributed by atoms with Crippen LogP contribution in [0.4, 0.5) is 0 Å². The van der Waals surface area contributed by atoms with E-state index in [1.807, 2.05) is 0 Å². The van der Waals surface area contributed by atoms with Crippen LogP contribution in [-0.2, 0) is 14.8 Å². The molecule has 1 spiro atoms. The van der Waals surface area contributed by atoms with Gasteiger partial charge in [-0.3, -0.25) is 4.79 Å². The number of hydrogen-bond donors (Lipinski definition) is 2. The monoisotopic (exact) mass is 318 g/mol. The highest BCUT2D eigenvalue weighted by molar-refractivity contribution is 7.88. The molecule has 0 bridgehead atoms. The van der Waals surface area contributed by atoms with Crippen LogP contribution < -0.4 is 4.72 Å². The Bertz CT molecular complexity index is 471. The second kappa shape index (κ2) is 6.62. The summed E-state index contributed by atoms with van der Waals surface area (Å²) < 4.78 is 24.4. The molecule has 0 aromatic heterocycles. The Hall–Kier alpha value is -0.660. The van der Waals surface area contributed by atoms with Crippen molar-refractivity contribution in [2.24, 2.45) is 5.41 Å². The van der Waals surface area contributed by atoms with E-state index in [1.54, 1.807) is 4.90 Å². The van der Waals surface area contributed by atoms with Gasteiger partial charge in [0.15, 0.2) is 0 Å². The van der Waals surface area contributed by atoms with Crippen LogP contribution in [-0.4, -0.2) is 56.3 Å². The van der Waals surface area contributed by atoms with Gasteiger partial charge in [-0.1, -0.05) is 12.8 Å². The third-order valence-electron chi connectivity index (χ3n) is 4.85. The summed E-state index contributed by atoms with van der Waals surface area (Å²) >= 11 is 0. The van der Waals surface area contributed by atoms with Gasteiger partial charge in [0.1, 0.15) is 0 Å². The number of carbonyl (C=O) groups is 1. The van der Waals surface area contributed by atoms with Crippen molar-refractivity contribution in [3.05, 3.63) is 0 Å². The van der Waals surface area contributed by atoms with E-state index < -0.39 is 10.0 Å². The van der Waals surface area contributed by atoms with E-state index in [4.69, 9.17) is 0 Å². The Morgan fingerprint density at radius 1 is 1.33 bits per heavy atom. The molecule has 1 aliphatic heterocycles. The summed E-state index contributed by atoms with van der Waals surface area (Å²) in [5.41, 5.74) is 0.242. The Morgan fingerprint density at radius 3 is 2.57 bits per heavy atom. The molecule has 0 aromatic rings. The summed E-state index contributed by atoms with van der Waals surface area (Å²) in [6.45, 7) is 0.830. The summed E-state index contributed by atoms with van der Waals surface area (Å²) in [4.78, 5) is 14.2. The van der Waals surface area contributed by atoms with Gasteiger partial charge < -0.3 is 10.0 Å². The molecule has 2 N–H and O–H groups in total. The van der Waals surface area contributed by atoms with Crippen LogP contribution in [0.15, 0.2) is 0 Å². The zero-order valence-electron chi connectivity index (χ0n) is 12.7. The van der Waals surface area contributed by atoms with Crippen LogP contribution in [0.3, 0.4) is 0 Å².